The van der Waals surface area contributed by atoms with Crippen LogP contribution in [0.3, 0.4) is 0 Å². The van der Waals surface area contributed by atoms with Crippen LogP contribution in [-0.4, -0.2) is 27.1 Å². The van der Waals surface area contributed by atoms with E-state index in [1.54, 1.807) is 29.4 Å². The van der Waals surface area contributed by atoms with Crippen LogP contribution in [0, 0.1) is 0 Å². The summed E-state index contributed by atoms with van der Waals surface area (Å²) >= 11 is 0. The molecule has 30 heavy (non-hydrogen) atoms. The van der Waals surface area contributed by atoms with Gasteiger partial charge in [-0.25, -0.2) is 0 Å². The lowest BCUT2D eigenvalue weighted by atomic mass is 9.97. The van der Waals surface area contributed by atoms with Crippen molar-refractivity contribution in [2.24, 2.45) is 0 Å². The lowest BCUT2D eigenvalue weighted by Gasteiger charge is -2.26. The zero-order chi connectivity index (χ0) is 20.7. The number of carbonyl (C=O) groups excluding carboxylic acids is 2. The Balaban J connectivity index is 1.69. The lowest BCUT2D eigenvalue weighted by molar-refractivity contribution is -0.255. The zero-order valence-corrected chi connectivity index (χ0v) is 15.6. The first-order valence-corrected chi connectivity index (χ1v) is 9.33. The van der Waals surface area contributed by atoms with Crippen molar-refractivity contribution in [2.45, 2.75) is 6.04 Å². The van der Waals surface area contributed by atoms with Gasteiger partial charge in [0.05, 0.1) is 17.7 Å². The number of rotatable bonds is 4. The predicted octanol–water partition coefficient (Wildman–Crippen LogP) is 2.59. The normalized spacial score (nSPS) is 15.3. The van der Waals surface area contributed by atoms with Crippen molar-refractivity contribution in [1.82, 2.24) is 15.2 Å². The molecule has 0 fully saturated rings. The van der Waals surface area contributed by atoms with Gasteiger partial charge in [0.2, 0.25) is 0 Å². The van der Waals surface area contributed by atoms with Crippen LogP contribution < -0.4 is 10.0 Å². The number of amides is 1. The molecule has 2 aromatic heterocycles. The first-order valence-electron chi connectivity index (χ1n) is 9.33. The molecule has 7 heteroatoms. The average Bonchev–Trinajstić information content (AvgIpc) is 3.34. The molecule has 0 saturated carbocycles. The molecule has 1 N–H and O–H groups in total. The van der Waals surface area contributed by atoms with Gasteiger partial charge in [0, 0.05) is 29.2 Å². The number of fused-ring (bicyclic) bond motifs is 1. The highest BCUT2D eigenvalue weighted by molar-refractivity contribution is 6.11. The number of hydrogen-bond donors (Lipinski definition) is 1. The van der Waals surface area contributed by atoms with Gasteiger partial charge in [-0.05, 0) is 29.3 Å². The Hall–Kier alpha value is -4.26. The maximum Gasteiger partial charge on any atom is 0.277 e. The number of aromatic carboxylic acids is 1. The molecule has 146 valence electrons. The fourth-order valence-electron chi connectivity index (χ4n) is 3.84. The number of benzene rings is 2. The third kappa shape index (κ3) is 2.76. The van der Waals surface area contributed by atoms with Crippen molar-refractivity contribution in [3.05, 3.63) is 102 Å². The summed E-state index contributed by atoms with van der Waals surface area (Å²) in [5.74, 6) is -1.51. The number of carbonyl (C=O) groups is 2. The SMILES string of the molecule is O=C([O-])c1ccc(N2C(=O)c3[nH]nc(-c4ccccc4)c3[C@@H]2c2cccnc2)cc1. The summed E-state index contributed by atoms with van der Waals surface area (Å²) in [6.07, 6.45) is 3.39. The van der Waals surface area contributed by atoms with E-state index >= 15 is 0 Å². The topological polar surface area (TPSA) is 102 Å². The van der Waals surface area contributed by atoms with Crippen LogP contribution in [0.2, 0.25) is 0 Å². The van der Waals surface area contributed by atoms with E-state index in [1.165, 1.54) is 12.1 Å². The third-order valence-electron chi connectivity index (χ3n) is 5.20. The second-order valence-corrected chi connectivity index (χ2v) is 6.93. The van der Waals surface area contributed by atoms with Crippen LogP contribution in [0.15, 0.2) is 79.1 Å². The van der Waals surface area contributed by atoms with Gasteiger partial charge < -0.3 is 9.90 Å². The van der Waals surface area contributed by atoms with Crippen LogP contribution in [0.4, 0.5) is 5.69 Å². The molecular weight excluding hydrogens is 380 g/mol. The molecule has 0 radical (unpaired) electrons. The minimum Gasteiger partial charge on any atom is -0.545 e. The molecule has 0 unspecified atom stereocenters. The van der Waals surface area contributed by atoms with Crippen LogP contribution in [0.1, 0.15) is 38.0 Å². The Kier molecular flexibility index (Phi) is 4.14. The molecule has 2 aromatic carbocycles. The summed E-state index contributed by atoms with van der Waals surface area (Å²) < 4.78 is 0. The summed E-state index contributed by atoms with van der Waals surface area (Å²) in [5, 5.41) is 18.4. The van der Waals surface area contributed by atoms with Crippen molar-refractivity contribution in [2.75, 3.05) is 4.90 Å². The minimum atomic E-state index is -1.26. The summed E-state index contributed by atoms with van der Waals surface area (Å²) in [6, 6.07) is 19.0. The van der Waals surface area contributed by atoms with Crippen molar-refractivity contribution >= 4 is 17.6 Å². The molecule has 1 aliphatic heterocycles. The fraction of sp³-hybridized carbons (Fsp3) is 0.0435. The number of pyridine rings is 1. The van der Waals surface area contributed by atoms with Gasteiger partial charge in [0.25, 0.3) is 5.91 Å². The second-order valence-electron chi connectivity index (χ2n) is 6.93. The fourth-order valence-corrected chi connectivity index (χ4v) is 3.84. The van der Waals surface area contributed by atoms with E-state index in [0.29, 0.717) is 17.1 Å². The summed E-state index contributed by atoms with van der Waals surface area (Å²) in [5.41, 5.74) is 4.21. The van der Waals surface area contributed by atoms with Gasteiger partial charge in [-0.2, -0.15) is 5.10 Å². The van der Waals surface area contributed by atoms with Gasteiger partial charge in [-0.1, -0.05) is 48.5 Å². The molecule has 1 atom stereocenters. The number of aromatic nitrogens is 3. The van der Waals surface area contributed by atoms with Crippen molar-refractivity contribution in [3.63, 3.8) is 0 Å². The van der Waals surface area contributed by atoms with E-state index in [4.69, 9.17) is 0 Å². The Morgan fingerprint density at radius 1 is 1.00 bits per heavy atom. The Morgan fingerprint density at radius 3 is 2.43 bits per heavy atom. The summed E-state index contributed by atoms with van der Waals surface area (Å²) in [7, 11) is 0. The number of anilines is 1. The molecule has 7 nitrogen and oxygen atoms in total. The van der Waals surface area contributed by atoms with Gasteiger partial charge in [0.15, 0.2) is 0 Å². The van der Waals surface area contributed by atoms with E-state index in [0.717, 1.165) is 16.7 Å². The summed E-state index contributed by atoms with van der Waals surface area (Å²) in [6.45, 7) is 0. The monoisotopic (exact) mass is 395 g/mol. The Labute approximate surface area is 171 Å². The van der Waals surface area contributed by atoms with Crippen molar-refractivity contribution in [1.29, 1.82) is 0 Å². The summed E-state index contributed by atoms with van der Waals surface area (Å²) in [4.78, 5) is 30.3. The highest BCUT2D eigenvalue weighted by Crippen LogP contribution is 2.44. The molecule has 0 spiro atoms. The van der Waals surface area contributed by atoms with Crippen molar-refractivity contribution in [3.8, 4) is 11.3 Å². The Bertz CT molecular complexity index is 1230. The van der Waals surface area contributed by atoms with Crippen molar-refractivity contribution < 1.29 is 14.7 Å². The van der Waals surface area contributed by atoms with Gasteiger partial charge in [-0.3, -0.25) is 19.8 Å². The molecule has 0 bridgehead atoms. The largest absolute Gasteiger partial charge is 0.545 e. The quantitative estimate of drug-likeness (QED) is 0.572. The number of aromatic amines is 1. The molecule has 1 aliphatic rings. The number of nitrogens with one attached hydrogen (secondary N) is 1. The maximum absolute atomic E-state index is 13.3. The second kappa shape index (κ2) is 6.97. The third-order valence-corrected chi connectivity index (χ3v) is 5.20. The Morgan fingerprint density at radius 2 is 1.77 bits per heavy atom. The van der Waals surface area contributed by atoms with Crippen LogP contribution in [0.25, 0.3) is 11.3 Å². The highest BCUT2D eigenvalue weighted by Gasteiger charge is 2.43. The minimum absolute atomic E-state index is 0.0495. The molecule has 0 saturated heterocycles. The number of carboxylic acid groups (broad SMARTS) is 1. The average molecular weight is 395 g/mol. The van der Waals surface area contributed by atoms with Gasteiger partial charge in [0.1, 0.15) is 5.69 Å². The zero-order valence-electron chi connectivity index (χ0n) is 15.6. The maximum atomic E-state index is 13.3. The predicted molar refractivity (Wildman–Crippen MR) is 108 cm³/mol. The van der Waals surface area contributed by atoms with E-state index < -0.39 is 12.0 Å². The van der Waals surface area contributed by atoms with Crippen LogP contribution in [0.5, 0.6) is 0 Å². The molecule has 0 aliphatic carbocycles. The molecule has 3 heterocycles. The lowest BCUT2D eigenvalue weighted by Crippen LogP contribution is -2.29. The number of nitrogens with zero attached hydrogens (tertiary/aromatic N) is 3. The van der Waals surface area contributed by atoms with Crippen LogP contribution >= 0.6 is 0 Å². The van der Waals surface area contributed by atoms with Crippen LogP contribution in [-0.2, 0) is 0 Å². The molecule has 1 amide bonds. The van der Waals surface area contributed by atoms with E-state index in [2.05, 4.69) is 15.2 Å². The van der Waals surface area contributed by atoms with E-state index in [1.807, 2.05) is 42.5 Å². The first-order chi connectivity index (χ1) is 14.6. The highest BCUT2D eigenvalue weighted by atomic mass is 16.4. The molecule has 5 rings (SSSR count). The van der Waals surface area contributed by atoms with E-state index in [-0.39, 0.29) is 11.5 Å². The van der Waals surface area contributed by atoms with E-state index in [9.17, 15) is 14.7 Å². The number of H-pyrrole nitrogens is 1. The van der Waals surface area contributed by atoms with Gasteiger partial charge in [-0.15, -0.1) is 0 Å². The van der Waals surface area contributed by atoms with Gasteiger partial charge >= 0.3 is 0 Å². The molecular formula is C23H15N4O3-. The number of hydrogen-bond acceptors (Lipinski definition) is 5. The molecule has 4 aromatic rings. The smallest absolute Gasteiger partial charge is 0.277 e. The standard InChI is InChI=1S/C23H16N4O3/c28-22-20-18(19(25-26-20)14-5-2-1-3-6-14)21(16-7-4-12-24-13-16)27(22)17-10-8-15(9-11-17)23(29)30/h1-13,21H,(H,25,26)(H,29,30)/p-1/t21-/m0/s1. The number of carboxylic acids is 1. The first kappa shape index (κ1) is 17.8.